The first-order chi connectivity index (χ1) is 17.4. The second kappa shape index (κ2) is 10.5. The first-order valence-electron chi connectivity index (χ1n) is 10.2. The number of hydrazone groups is 1. The van der Waals surface area contributed by atoms with E-state index in [9.17, 15) is 25.3 Å². The smallest absolute Gasteiger partial charge is 0.270 e. The molecular formula is C22H17N9O5. The number of nitrogens with zero attached hydrogens (tertiary/aromatic N) is 6. The fourth-order valence-corrected chi connectivity index (χ4v) is 2.90. The molecule has 0 aliphatic heterocycles. The summed E-state index contributed by atoms with van der Waals surface area (Å²) < 4.78 is 0. The standard InChI is InChI=1S/C22H17N9O5/c32-19-11-10-18(31(35)36)12-14(19)13-23-29-22-27-20(24-15-4-2-1-3-5-15)26-21(28-22)25-16-6-8-17(9-7-16)30(33)34/h1-13,32H,(H3,24,25,26,27,28,29)/b23-13-. The minimum atomic E-state index is -0.589. The molecule has 0 unspecified atom stereocenters. The average molecular weight is 487 g/mol. The van der Waals surface area contributed by atoms with Crippen LogP contribution in [0.15, 0.2) is 77.9 Å². The lowest BCUT2D eigenvalue weighted by Crippen LogP contribution is -2.07. The Morgan fingerprint density at radius 1 is 0.750 bits per heavy atom. The normalized spacial score (nSPS) is 10.7. The van der Waals surface area contributed by atoms with Crippen LogP contribution in [0.5, 0.6) is 5.75 Å². The van der Waals surface area contributed by atoms with Crippen molar-refractivity contribution >= 4 is 46.8 Å². The number of non-ortho nitro benzene ring substituents is 2. The molecule has 0 saturated carbocycles. The van der Waals surface area contributed by atoms with Gasteiger partial charge in [-0.1, -0.05) is 18.2 Å². The number of nitro benzene ring substituents is 2. The number of phenols is 1. The van der Waals surface area contributed by atoms with E-state index >= 15 is 0 Å². The maximum absolute atomic E-state index is 11.0. The number of aromatic nitrogens is 3. The number of rotatable bonds is 9. The van der Waals surface area contributed by atoms with E-state index in [-0.39, 0.29) is 40.5 Å². The molecule has 14 heteroatoms. The highest BCUT2D eigenvalue weighted by Gasteiger charge is 2.11. The van der Waals surface area contributed by atoms with E-state index in [0.717, 1.165) is 6.07 Å². The molecule has 4 N–H and O–H groups in total. The second-order valence-electron chi connectivity index (χ2n) is 7.10. The number of para-hydroxylation sites is 1. The van der Waals surface area contributed by atoms with Crippen LogP contribution in [0.3, 0.4) is 0 Å². The van der Waals surface area contributed by atoms with Crippen LogP contribution in [0.4, 0.5) is 40.6 Å². The predicted octanol–water partition coefficient (Wildman–Crippen LogP) is 4.33. The minimum absolute atomic E-state index is 0.00835. The summed E-state index contributed by atoms with van der Waals surface area (Å²) >= 11 is 0. The Bertz CT molecular complexity index is 1430. The minimum Gasteiger partial charge on any atom is -0.507 e. The fraction of sp³-hybridized carbons (Fsp3) is 0. The van der Waals surface area contributed by atoms with E-state index in [0.29, 0.717) is 11.4 Å². The third-order valence-corrected chi connectivity index (χ3v) is 4.59. The quantitative estimate of drug-likeness (QED) is 0.149. The Balaban J connectivity index is 1.59. The summed E-state index contributed by atoms with van der Waals surface area (Å²) in [7, 11) is 0. The van der Waals surface area contributed by atoms with Crippen LogP contribution < -0.4 is 16.1 Å². The summed E-state index contributed by atoms with van der Waals surface area (Å²) in [6, 6.07) is 18.3. The van der Waals surface area contributed by atoms with Crippen LogP contribution in [0.1, 0.15) is 5.56 Å². The SMILES string of the molecule is O=[N+]([O-])c1ccc(Nc2nc(N/N=C\c3cc([N+](=O)[O-])ccc3O)nc(Nc3ccccc3)n2)cc1. The van der Waals surface area contributed by atoms with Crippen LogP contribution in [-0.4, -0.2) is 36.1 Å². The van der Waals surface area contributed by atoms with Gasteiger partial charge in [-0.05, 0) is 30.3 Å². The summed E-state index contributed by atoms with van der Waals surface area (Å²) in [5.41, 5.74) is 3.64. The molecule has 14 nitrogen and oxygen atoms in total. The van der Waals surface area contributed by atoms with Gasteiger partial charge < -0.3 is 15.7 Å². The van der Waals surface area contributed by atoms with Crippen molar-refractivity contribution in [3.63, 3.8) is 0 Å². The van der Waals surface area contributed by atoms with Gasteiger partial charge in [0.1, 0.15) is 5.75 Å². The maximum Gasteiger partial charge on any atom is 0.270 e. The number of hydrogen-bond acceptors (Lipinski definition) is 12. The van der Waals surface area contributed by atoms with Gasteiger partial charge in [-0.2, -0.15) is 20.1 Å². The molecule has 4 aromatic rings. The molecule has 0 amide bonds. The largest absolute Gasteiger partial charge is 0.507 e. The van der Waals surface area contributed by atoms with Crippen LogP contribution in [0.2, 0.25) is 0 Å². The predicted molar refractivity (Wildman–Crippen MR) is 132 cm³/mol. The van der Waals surface area contributed by atoms with Gasteiger partial charge in [0.05, 0.1) is 16.1 Å². The lowest BCUT2D eigenvalue weighted by molar-refractivity contribution is -0.385. The first kappa shape index (κ1) is 23.5. The number of nitro groups is 2. The van der Waals surface area contributed by atoms with Crippen LogP contribution >= 0.6 is 0 Å². The number of benzene rings is 3. The van der Waals surface area contributed by atoms with E-state index in [4.69, 9.17) is 0 Å². The van der Waals surface area contributed by atoms with Gasteiger partial charge in [-0.3, -0.25) is 20.2 Å². The highest BCUT2D eigenvalue weighted by Crippen LogP contribution is 2.22. The highest BCUT2D eigenvalue weighted by atomic mass is 16.6. The van der Waals surface area contributed by atoms with Gasteiger partial charge in [0.15, 0.2) is 0 Å². The van der Waals surface area contributed by atoms with E-state index in [1.165, 1.54) is 42.6 Å². The van der Waals surface area contributed by atoms with E-state index in [1.807, 2.05) is 30.3 Å². The van der Waals surface area contributed by atoms with Crippen molar-refractivity contribution in [2.24, 2.45) is 5.10 Å². The monoisotopic (exact) mass is 487 g/mol. The Morgan fingerprint density at radius 3 is 1.92 bits per heavy atom. The van der Waals surface area contributed by atoms with Crippen molar-refractivity contribution in [2.45, 2.75) is 0 Å². The average Bonchev–Trinajstić information content (AvgIpc) is 2.86. The van der Waals surface area contributed by atoms with Gasteiger partial charge in [-0.15, -0.1) is 0 Å². The summed E-state index contributed by atoms with van der Waals surface area (Å²) in [4.78, 5) is 33.5. The molecule has 0 aliphatic rings. The molecule has 1 aromatic heterocycles. The van der Waals surface area contributed by atoms with E-state index in [1.54, 1.807) is 0 Å². The van der Waals surface area contributed by atoms with Crippen LogP contribution in [0, 0.1) is 20.2 Å². The van der Waals surface area contributed by atoms with Crippen LogP contribution in [-0.2, 0) is 0 Å². The molecule has 0 aliphatic carbocycles. The zero-order chi connectivity index (χ0) is 25.5. The van der Waals surface area contributed by atoms with Crippen molar-refractivity contribution in [3.05, 3.63) is 98.6 Å². The molecule has 0 radical (unpaired) electrons. The fourth-order valence-electron chi connectivity index (χ4n) is 2.90. The Labute approximate surface area is 202 Å². The molecule has 0 saturated heterocycles. The Kier molecular flexibility index (Phi) is 6.86. The summed E-state index contributed by atoms with van der Waals surface area (Å²) in [5, 5.41) is 41.7. The molecule has 3 aromatic carbocycles. The molecule has 180 valence electrons. The lowest BCUT2D eigenvalue weighted by atomic mass is 10.2. The number of anilines is 5. The van der Waals surface area contributed by atoms with Gasteiger partial charge in [-0.25, -0.2) is 5.43 Å². The summed E-state index contributed by atoms with van der Waals surface area (Å²) in [5.74, 6) is 0.0764. The van der Waals surface area contributed by atoms with Crippen molar-refractivity contribution in [2.75, 3.05) is 16.1 Å². The third-order valence-electron chi connectivity index (χ3n) is 4.59. The molecule has 0 fully saturated rings. The molecule has 0 bridgehead atoms. The van der Waals surface area contributed by atoms with Gasteiger partial charge in [0.2, 0.25) is 17.8 Å². The molecule has 1 heterocycles. The lowest BCUT2D eigenvalue weighted by Gasteiger charge is -2.10. The molecule has 0 atom stereocenters. The topological polar surface area (TPSA) is 194 Å². The summed E-state index contributed by atoms with van der Waals surface area (Å²) in [6.45, 7) is 0. The van der Waals surface area contributed by atoms with Gasteiger partial charge >= 0.3 is 0 Å². The maximum atomic E-state index is 11.0. The zero-order valence-corrected chi connectivity index (χ0v) is 18.3. The van der Waals surface area contributed by atoms with E-state index < -0.39 is 9.85 Å². The number of aromatic hydroxyl groups is 1. The van der Waals surface area contributed by atoms with Crippen molar-refractivity contribution in [1.82, 2.24) is 15.0 Å². The Hall–Kier alpha value is -5.66. The van der Waals surface area contributed by atoms with E-state index in [2.05, 4.69) is 36.1 Å². The van der Waals surface area contributed by atoms with Gasteiger partial charge in [0, 0.05) is 41.2 Å². The molecular weight excluding hydrogens is 470 g/mol. The van der Waals surface area contributed by atoms with Crippen molar-refractivity contribution in [1.29, 1.82) is 0 Å². The third kappa shape index (κ3) is 6.02. The van der Waals surface area contributed by atoms with Gasteiger partial charge in [0.25, 0.3) is 11.4 Å². The number of nitrogens with one attached hydrogen (secondary N) is 3. The Morgan fingerprint density at radius 2 is 1.31 bits per heavy atom. The molecule has 36 heavy (non-hydrogen) atoms. The zero-order valence-electron chi connectivity index (χ0n) is 18.3. The molecule has 4 rings (SSSR count). The van der Waals surface area contributed by atoms with Crippen LogP contribution in [0.25, 0.3) is 0 Å². The molecule has 0 spiro atoms. The highest BCUT2D eigenvalue weighted by molar-refractivity contribution is 5.84. The first-order valence-corrected chi connectivity index (χ1v) is 10.2. The summed E-state index contributed by atoms with van der Waals surface area (Å²) in [6.07, 6.45) is 1.18. The number of phenolic OH excluding ortho intramolecular Hbond substituents is 1. The number of hydrogen-bond donors (Lipinski definition) is 4. The van der Waals surface area contributed by atoms with Crippen molar-refractivity contribution < 1.29 is 15.0 Å². The second-order valence-corrected chi connectivity index (χ2v) is 7.10. The van der Waals surface area contributed by atoms with Crippen molar-refractivity contribution in [3.8, 4) is 5.75 Å².